The molecule has 40 heavy (non-hydrogen) atoms. The standard InChI is InChI=1S/C32H40N6O2/c1-3-29(39)38-19-18-37(21-24(38)13-16-33)30-26-12-15-32(14-6-9-23-8-4-5-11-27(23)32)20-28(26)34-31(35-30)40-22-25-10-7-17-36(25)2/h3-5,8,11,24-25H,1,6-7,9-10,12-15,17-22H2,2H3/t24?,25-,32?/m0/s1. The lowest BCUT2D eigenvalue weighted by Crippen LogP contribution is -2.55. The molecule has 2 aliphatic carbocycles. The van der Waals surface area contributed by atoms with Gasteiger partial charge in [0.05, 0.1) is 24.2 Å². The Bertz CT molecular complexity index is 1320. The summed E-state index contributed by atoms with van der Waals surface area (Å²) in [6.45, 7) is 7.11. The number of benzene rings is 1. The minimum atomic E-state index is -0.202. The van der Waals surface area contributed by atoms with E-state index >= 15 is 0 Å². The Kier molecular flexibility index (Phi) is 7.50. The molecule has 4 aliphatic rings. The normalized spacial score (nSPS) is 26.2. The molecule has 2 aliphatic heterocycles. The van der Waals surface area contributed by atoms with E-state index in [0.29, 0.717) is 38.3 Å². The fourth-order valence-electron chi connectivity index (χ4n) is 7.54. The molecule has 0 N–H and O–H groups in total. The van der Waals surface area contributed by atoms with Gasteiger partial charge in [0.1, 0.15) is 12.4 Å². The summed E-state index contributed by atoms with van der Waals surface area (Å²) in [5.74, 6) is 0.805. The number of nitriles is 1. The lowest BCUT2D eigenvalue weighted by atomic mass is 9.62. The quantitative estimate of drug-likeness (QED) is 0.515. The Morgan fingerprint density at radius 2 is 2.05 bits per heavy atom. The summed E-state index contributed by atoms with van der Waals surface area (Å²) in [6.07, 6.45) is 10.4. The molecule has 0 saturated carbocycles. The molecule has 1 amide bonds. The van der Waals surface area contributed by atoms with E-state index in [1.54, 1.807) is 4.90 Å². The van der Waals surface area contributed by atoms with Gasteiger partial charge in [0.25, 0.3) is 0 Å². The number of anilines is 1. The van der Waals surface area contributed by atoms with Crippen LogP contribution in [-0.2, 0) is 29.5 Å². The number of carbonyl (C=O) groups is 1. The highest BCUT2D eigenvalue weighted by Crippen LogP contribution is 2.47. The lowest BCUT2D eigenvalue weighted by Gasteiger charge is -2.44. The summed E-state index contributed by atoms with van der Waals surface area (Å²) < 4.78 is 6.33. The number of aromatic nitrogens is 2. The van der Waals surface area contributed by atoms with Crippen LogP contribution in [0.5, 0.6) is 6.01 Å². The number of hydrogen-bond acceptors (Lipinski definition) is 7. The van der Waals surface area contributed by atoms with Crippen LogP contribution in [0.2, 0.25) is 0 Å². The maximum Gasteiger partial charge on any atom is 0.318 e. The molecule has 0 bridgehead atoms. The van der Waals surface area contributed by atoms with Gasteiger partial charge in [-0.05, 0) is 82.2 Å². The van der Waals surface area contributed by atoms with Crippen LogP contribution in [-0.4, -0.2) is 77.6 Å². The van der Waals surface area contributed by atoms with E-state index in [4.69, 9.17) is 14.7 Å². The number of likely N-dealkylation sites (tertiary alicyclic amines) is 1. The van der Waals surface area contributed by atoms with E-state index in [9.17, 15) is 10.1 Å². The minimum absolute atomic E-state index is 0.106. The van der Waals surface area contributed by atoms with Crippen molar-refractivity contribution in [3.05, 3.63) is 59.3 Å². The third kappa shape index (κ3) is 4.96. The van der Waals surface area contributed by atoms with E-state index in [-0.39, 0.29) is 23.8 Å². The summed E-state index contributed by atoms with van der Waals surface area (Å²) in [5, 5.41) is 9.52. The Labute approximate surface area is 237 Å². The molecular formula is C32H40N6O2. The van der Waals surface area contributed by atoms with Gasteiger partial charge in [0, 0.05) is 36.7 Å². The highest BCUT2D eigenvalue weighted by atomic mass is 16.5. The van der Waals surface area contributed by atoms with E-state index in [1.165, 1.54) is 42.0 Å². The van der Waals surface area contributed by atoms with Crippen LogP contribution in [0, 0.1) is 11.3 Å². The zero-order valence-electron chi connectivity index (χ0n) is 23.6. The third-order valence-corrected chi connectivity index (χ3v) is 9.74. The Morgan fingerprint density at radius 3 is 2.85 bits per heavy atom. The molecule has 8 heteroatoms. The third-order valence-electron chi connectivity index (χ3n) is 9.74. The van der Waals surface area contributed by atoms with Crippen LogP contribution >= 0.6 is 0 Å². The van der Waals surface area contributed by atoms with Gasteiger partial charge in [-0.3, -0.25) is 4.79 Å². The zero-order chi connectivity index (χ0) is 27.7. The maximum atomic E-state index is 12.5. The number of amides is 1. The van der Waals surface area contributed by atoms with Gasteiger partial charge in [-0.15, -0.1) is 0 Å². The first-order valence-corrected chi connectivity index (χ1v) is 14.9. The van der Waals surface area contributed by atoms with Crippen molar-refractivity contribution in [3.8, 4) is 12.1 Å². The molecule has 8 nitrogen and oxygen atoms in total. The van der Waals surface area contributed by atoms with Crippen molar-refractivity contribution in [2.45, 2.75) is 75.3 Å². The number of aryl methyl sites for hydroxylation is 1. The zero-order valence-corrected chi connectivity index (χ0v) is 23.6. The fourth-order valence-corrected chi connectivity index (χ4v) is 7.54. The maximum absolute atomic E-state index is 12.5. The van der Waals surface area contributed by atoms with E-state index in [1.807, 2.05) is 0 Å². The number of piperazine rings is 1. The molecule has 3 heterocycles. The Hall–Kier alpha value is -3.44. The van der Waals surface area contributed by atoms with Crippen LogP contribution in [0.15, 0.2) is 36.9 Å². The van der Waals surface area contributed by atoms with Gasteiger partial charge >= 0.3 is 6.01 Å². The van der Waals surface area contributed by atoms with Gasteiger partial charge in [-0.1, -0.05) is 30.8 Å². The first kappa shape index (κ1) is 26.8. The molecule has 210 valence electrons. The van der Waals surface area contributed by atoms with Crippen molar-refractivity contribution < 1.29 is 9.53 Å². The molecule has 2 saturated heterocycles. The molecule has 1 aromatic heterocycles. The molecule has 6 rings (SSSR count). The predicted molar refractivity (Wildman–Crippen MR) is 154 cm³/mol. The molecule has 3 atom stereocenters. The van der Waals surface area contributed by atoms with Crippen LogP contribution in [0.1, 0.15) is 60.9 Å². The van der Waals surface area contributed by atoms with Crippen molar-refractivity contribution in [1.82, 2.24) is 19.8 Å². The van der Waals surface area contributed by atoms with Crippen molar-refractivity contribution in [3.63, 3.8) is 0 Å². The van der Waals surface area contributed by atoms with Crippen molar-refractivity contribution in [1.29, 1.82) is 5.26 Å². The molecule has 0 radical (unpaired) electrons. The van der Waals surface area contributed by atoms with Crippen LogP contribution in [0.25, 0.3) is 0 Å². The number of fused-ring (bicyclic) bond motifs is 3. The topological polar surface area (TPSA) is 85.6 Å². The summed E-state index contributed by atoms with van der Waals surface area (Å²) in [7, 11) is 2.16. The smallest absolute Gasteiger partial charge is 0.318 e. The summed E-state index contributed by atoms with van der Waals surface area (Å²) in [4.78, 5) is 29.0. The second-order valence-electron chi connectivity index (χ2n) is 12.0. The predicted octanol–water partition coefficient (Wildman–Crippen LogP) is 3.83. The SMILES string of the molecule is C=CC(=O)N1CCN(c2nc(OC[C@@H]3CCCN3C)nc3c2CCC2(CCCc4ccccc42)C3)CC1CC#N. The second-order valence-corrected chi connectivity index (χ2v) is 12.0. The average Bonchev–Trinajstić information content (AvgIpc) is 3.40. The Morgan fingerprint density at radius 1 is 1.18 bits per heavy atom. The van der Waals surface area contributed by atoms with E-state index in [2.05, 4.69) is 53.8 Å². The molecule has 1 aromatic carbocycles. The first-order chi connectivity index (χ1) is 19.5. The molecule has 2 fully saturated rings. The van der Waals surface area contributed by atoms with E-state index < -0.39 is 0 Å². The van der Waals surface area contributed by atoms with Gasteiger partial charge in [-0.2, -0.15) is 15.2 Å². The average molecular weight is 541 g/mol. The highest BCUT2D eigenvalue weighted by Gasteiger charge is 2.42. The molecule has 2 unspecified atom stereocenters. The fraction of sp³-hybridized carbons (Fsp3) is 0.562. The lowest BCUT2D eigenvalue weighted by molar-refractivity contribution is -0.128. The van der Waals surface area contributed by atoms with Gasteiger partial charge < -0.3 is 19.4 Å². The number of likely N-dealkylation sites (N-methyl/N-ethyl adjacent to an activating group) is 1. The first-order valence-electron chi connectivity index (χ1n) is 14.9. The molecule has 1 spiro atoms. The number of rotatable bonds is 6. The number of nitrogens with zero attached hydrogens (tertiary/aromatic N) is 6. The second kappa shape index (κ2) is 11.2. The molecule has 2 aromatic rings. The summed E-state index contributed by atoms with van der Waals surface area (Å²) >= 11 is 0. The van der Waals surface area contributed by atoms with Gasteiger partial charge in [-0.25, -0.2) is 0 Å². The summed E-state index contributed by atoms with van der Waals surface area (Å²) in [6, 6.07) is 11.9. The highest BCUT2D eigenvalue weighted by molar-refractivity contribution is 5.87. The largest absolute Gasteiger partial charge is 0.462 e. The number of ether oxygens (including phenoxy) is 1. The van der Waals surface area contributed by atoms with Crippen molar-refractivity contribution in [2.24, 2.45) is 0 Å². The van der Waals surface area contributed by atoms with Crippen LogP contribution in [0.4, 0.5) is 5.82 Å². The van der Waals surface area contributed by atoms with Crippen LogP contribution in [0.3, 0.4) is 0 Å². The molecular weight excluding hydrogens is 500 g/mol. The number of hydrogen-bond donors (Lipinski definition) is 0. The minimum Gasteiger partial charge on any atom is -0.462 e. The summed E-state index contributed by atoms with van der Waals surface area (Å²) in [5.41, 5.74) is 5.39. The van der Waals surface area contributed by atoms with Gasteiger partial charge in [0.2, 0.25) is 5.91 Å². The van der Waals surface area contributed by atoms with Crippen molar-refractivity contribution in [2.75, 3.05) is 44.7 Å². The Balaban J connectivity index is 1.34. The number of carbonyl (C=O) groups excluding carboxylic acids is 1. The van der Waals surface area contributed by atoms with Gasteiger partial charge in [0.15, 0.2) is 0 Å². The van der Waals surface area contributed by atoms with Crippen LogP contribution < -0.4 is 9.64 Å². The van der Waals surface area contributed by atoms with E-state index in [0.717, 1.165) is 50.2 Å². The monoisotopic (exact) mass is 540 g/mol. The van der Waals surface area contributed by atoms with Crippen molar-refractivity contribution >= 4 is 11.7 Å².